The van der Waals surface area contributed by atoms with Gasteiger partial charge >= 0.3 is 6.98 Å². The van der Waals surface area contributed by atoms with Gasteiger partial charge in [0.05, 0.1) is 0 Å². The van der Waals surface area contributed by atoms with Crippen molar-refractivity contribution >= 4 is 6.98 Å². The van der Waals surface area contributed by atoms with E-state index in [9.17, 15) is 12.9 Å². The SMILES string of the molecule is F[B-](F)(F)CC1COC1. The molecule has 0 aliphatic carbocycles. The summed E-state index contributed by atoms with van der Waals surface area (Å²) in [7, 11) is 0. The maximum absolute atomic E-state index is 11.5. The third kappa shape index (κ3) is 2.26. The standard InChI is InChI=1S/C4H7BF3O/c6-5(7,8)1-4-2-9-3-4/h4H,1-3H2/q-1. The molecule has 9 heavy (non-hydrogen) atoms. The normalized spacial score (nSPS) is 21.7. The molecule has 1 aliphatic rings. The van der Waals surface area contributed by atoms with Gasteiger partial charge in [-0.2, -0.15) is 0 Å². The van der Waals surface area contributed by atoms with Gasteiger partial charge in [0.15, 0.2) is 0 Å². The van der Waals surface area contributed by atoms with Crippen molar-refractivity contribution < 1.29 is 17.7 Å². The van der Waals surface area contributed by atoms with Crippen molar-refractivity contribution in [3.63, 3.8) is 0 Å². The zero-order valence-corrected chi connectivity index (χ0v) is 4.82. The predicted molar refractivity (Wildman–Crippen MR) is 28.2 cm³/mol. The molecular weight excluding hydrogens is 132 g/mol. The number of ether oxygens (including phenoxy) is 1. The van der Waals surface area contributed by atoms with Crippen molar-refractivity contribution in [2.24, 2.45) is 5.92 Å². The maximum Gasteiger partial charge on any atom is 0.478 e. The average Bonchev–Trinajstić information content (AvgIpc) is 1.53. The van der Waals surface area contributed by atoms with Crippen LogP contribution in [0.1, 0.15) is 0 Å². The molecule has 54 valence electrons. The fourth-order valence-electron chi connectivity index (χ4n) is 0.799. The topological polar surface area (TPSA) is 9.23 Å². The third-order valence-electron chi connectivity index (χ3n) is 1.31. The molecule has 1 rings (SSSR count). The minimum atomic E-state index is -4.57. The van der Waals surface area contributed by atoms with Crippen LogP contribution < -0.4 is 0 Å². The molecule has 0 N–H and O–H groups in total. The first kappa shape index (κ1) is 6.93. The lowest BCUT2D eigenvalue weighted by Crippen LogP contribution is -2.33. The van der Waals surface area contributed by atoms with Crippen LogP contribution in [0.15, 0.2) is 0 Å². The Bertz CT molecular complexity index is 98.5. The first-order valence-electron chi connectivity index (χ1n) is 2.86. The minimum Gasteiger partial charge on any atom is -0.449 e. The molecular formula is C4H7BF3O-. The smallest absolute Gasteiger partial charge is 0.449 e. The number of rotatable bonds is 2. The molecule has 1 nitrogen and oxygen atoms in total. The molecule has 0 saturated carbocycles. The predicted octanol–water partition coefficient (Wildman–Crippen LogP) is 1.48. The highest BCUT2D eigenvalue weighted by Gasteiger charge is 2.30. The summed E-state index contributed by atoms with van der Waals surface area (Å²) in [5, 5.41) is 0. The lowest BCUT2D eigenvalue weighted by molar-refractivity contribution is -0.0253. The average molecular weight is 139 g/mol. The molecule has 0 aromatic carbocycles. The largest absolute Gasteiger partial charge is 0.478 e. The van der Waals surface area contributed by atoms with Crippen LogP contribution in [-0.2, 0) is 4.74 Å². The highest BCUT2D eigenvalue weighted by atomic mass is 19.4. The van der Waals surface area contributed by atoms with Crippen LogP contribution in [0.25, 0.3) is 0 Å². The quantitative estimate of drug-likeness (QED) is 0.526. The van der Waals surface area contributed by atoms with E-state index in [1.807, 2.05) is 0 Å². The van der Waals surface area contributed by atoms with E-state index in [1.165, 1.54) is 0 Å². The van der Waals surface area contributed by atoms with Gasteiger partial charge in [0, 0.05) is 13.2 Å². The summed E-state index contributed by atoms with van der Waals surface area (Å²) in [6, 6.07) is 0. The van der Waals surface area contributed by atoms with Gasteiger partial charge in [-0.05, 0) is 5.92 Å². The lowest BCUT2D eigenvalue weighted by Gasteiger charge is -2.29. The zero-order valence-electron chi connectivity index (χ0n) is 4.82. The molecule has 5 heteroatoms. The molecule has 1 aliphatic heterocycles. The molecule has 1 saturated heterocycles. The van der Waals surface area contributed by atoms with Crippen molar-refractivity contribution in [1.29, 1.82) is 0 Å². The van der Waals surface area contributed by atoms with Gasteiger partial charge in [0.1, 0.15) is 0 Å². The Morgan fingerprint density at radius 1 is 1.33 bits per heavy atom. The van der Waals surface area contributed by atoms with E-state index in [1.54, 1.807) is 0 Å². The molecule has 0 radical (unpaired) electrons. The Morgan fingerprint density at radius 3 is 2.00 bits per heavy atom. The highest BCUT2D eigenvalue weighted by Crippen LogP contribution is 2.25. The van der Waals surface area contributed by atoms with Crippen LogP contribution in [0.5, 0.6) is 0 Å². The number of hydrogen-bond donors (Lipinski definition) is 0. The first-order chi connectivity index (χ1) is 4.08. The second-order valence-corrected chi connectivity index (χ2v) is 2.35. The van der Waals surface area contributed by atoms with E-state index in [0.717, 1.165) is 0 Å². The van der Waals surface area contributed by atoms with Crippen LogP contribution in [-0.4, -0.2) is 20.2 Å². The molecule has 0 aromatic rings. The second-order valence-electron chi connectivity index (χ2n) is 2.35. The maximum atomic E-state index is 11.5. The van der Waals surface area contributed by atoms with Crippen molar-refractivity contribution in [2.75, 3.05) is 13.2 Å². The van der Waals surface area contributed by atoms with Crippen molar-refractivity contribution in [2.45, 2.75) is 6.32 Å². The third-order valence-corrected chi connectivity index (χ3v) is 1.31. The van der Waals surface area contributed by atoms with Gasteiger partial charge in [-0.3, -0.25) is 0 Å². The van der Waals surface area contributed by atoms with Gasteiger partial charge in [0.25, 0.3) is 0 Å². The summed E-state index contributed by atoms with van der Waals surface area (Å²) < 4.78 is 39.2. The molecule has 1 fully saturated rings. The zero-order chi connectivity index (χ0) is 6.91. The Morgan fingerprint density at radius 2 is 1.89 bits per heavy atom. The van der Waals surface area contributed by atoms with Crippen LogP contribution >= 0.6 is 0 Å². The molecule has 0 unspecified atom stereocenters. The summed E-state index contributed by atoms with van der Waals surface area (Å²) in [5.74, 6) is -0.245. The van der Waals surface area contributed by atoms with Gasteiger partial charge in [-0.15, -0.1) is 0 Å². The van der Waals surface area contributed by atoms with Crippen LogP contribution in [0.4, 0.5) is 12.9 Å². The van der Waals surface area contributed by atoms with E-state index in [4.69, 9.17) is 0 Å². The summed E-state index contributed by atoms with van der Waals surface area (Å²) in [5.41, 5.74) is 0. The Labute approximate surface area is 51.2 Å². The van der Waals surface area contributed by atoms with Crippen molar-refractivity contribution in [3.05, 3.63) is 0 Å². The molecule has 0 spiro atoms. The fourth-order valence-corrected chi connectivity index (χ4v) is 0.799. The molecule has 0 atom stereocenters. The van der Waals surface area contributed by atoms with Crippen molar-refractivity contribution in [1.82, 2.24) is 0 Å². The fraction of sp³-hybridized carbons (Fsp3) is 1.00. The van der Waals surface area contributed by atoms with E-state index in [-0.39, 0.29) is 5.92 Å². The highest BCUT2D eigenvalue weighted by molar-refractivity contribution is 6.58. The van der Waals surface area contributed by atoms with E-state index in [2.05, 4.69) is 4.74 Å². The summed E-state index contributed by atoms with van der Waals surface area (Å²) in [6.07, 6.45) is -0.625. The van der Waals surface area contributed by atoms with Crippen molar-refractivity contribution in [3.8, 4) is 0 Å². The monoisotopic (exact) mass is 139 g/mol. The number of halogens is 3. The van der Waals surface area contributed by atoms with Crippen LogP contribution in [0, 0.1) is 5.92 Å². The van der Waals surface area contributed by atoms with E-state index < -0.39 is 13.3 Å². The molecule has 0 amide bonds. The number of hydrogen-bond acceptors (Lipinski definition) is 1. The Balaban J connectivity index is 2.16. The van der Waals surface area contributed by atoms with E-state index >= 15 is 0 Å². The molecule has 0 aromatic heterocycles. The molecule has 0 bridgehead atoms. The summed E-state index contributed by atoms with van der Waals surface area (Å²) >= 11 is 0. The lowest BCUT2D eigenvalue weighted by atomic mass is 9.77. The first-order valence-corrected chi connectivity index (χ1v) is 2.86. The Hall–Kier alpha value is -0.185. The summed E-state index contributed by atoms with van der Waals surface area (Å²) in [6.45, 7) is -3.99. The van der Waals surface area contributed by atoms with Crippen LogP contribution in [0.3, 0.4) is 0 Å². The van der Waals surface area contributed by atoms with E-state index in [0.29, 0.717) is 13.2 Å². The summed E-state index contributed by atoms with van der Waals surface area (Å²) in [4.78, 5) is 0. The Kier molecular flexibility index (Phi) is 1.70. The second kappa shape index (κ2) is 2.21. The van der Waals surface area contributed by atoms with Gasteiger partial charge < -0.3 is 17.7 Å². The minimum absolute atomic E-state index is 0.245. The van der Waals surface area contributed by atoms with Gasteiger partial charge in [0.2, 0.25) is 0 Å². The van der Waals surface area contributed by atoms with Gasteiger partial charge in [-0.1, -0.05) is 6.32 Å². The molecule has 1 heterocycles. The van der Waals surface area contributed by atoms with Gasteiger partial charge in [-0.25, -0.2) is 0 Å². The van der Waals surface area contributed by atoms with Crippen LogP contribution in [0.2, 0.25) is 6.32 Å².